The van der Waals surface area contributed by atoms with E-state index < -0.39 is 0 Å². The molecule has 4 rings (SSSR count). The second kappa shape index (κ2) is 6.49. The van der Waals surface area contributed by atoms with E-state index in [9.17, 15) is 4.79 Å². The standard InChI is InChI=1S/C18H17N3O2S/c22-18(21-10-1-3-15(21)16-4-2-11-23-16)20-14-7-5-13(6-8-14)17-19-9-12-24-17/h2,4-9,11-12,15H,1,3,10H2,(H,20,22)/t15-/m0/s1. The number of furan rings is 1. The zero-order valence-electron chi connectivity index (χ0n) is 13.0. The average Bonchev–Trinajstić information content (AvgIpc) is 3.35. The summed E-state index contributed by atoms with van der Waals surface area (Å²) in [6, 6.07) is 11.5. The van der Waals surface area contributed by atoms with Crippen molar-refractivity contribution in [3.63, 3.8) is 0 Å². The molecule has 1 saturated heterocycles. The molecular weight excluding hydrogens is 322 g/mol. The molecule has 6 heteroatoms. The van der Waals surface area contributed by atoms with Crippen LogP contribution in [0.5, 0.6) is 0 Å². The number of likely N-dealkylation sites (tertiary alicyclic amines) is 1. The quantitative estimate of drug-likeness (QED) is 0.747. The lowest BCUT2D eigenvalue weighted by atomic mass is 10.2. The smallest absolute Gasteiger partial charge is 0.322 e. The zero-order chi connectivity index (χ0) is 16.4. The molecule has 3 aromatic rings. The van der Waals surface area contributed by atoms with Crippen LogP contribution in [0.2, 0.25) is 0 Å². The number of carbonyl (C=O) groups is 1. The number of aromatic nitrogens is 1. The summed E-state index contributed by atoms with van der Waals surface area (Å²) >= 11 is 1.60. The second-order valence-electron chi connectivity index (χ2n) is 5.71. The van der Waals surface area contributed by atoms with Gasteiger partial charge in [0, 0.05) is 29.4 Å². The summed E-state index contributed by atoms with van der Waals surface area (Å²) in [6.45, 7) is 0.744. The van der Waals surface area contributed by atoms with Gasteiger partial charge in [0.15, 0.2) is 0 Å². The van der Waals surface area contributed by atoms with Crippen molar-refractivity contribution >= 4 is 23.1 Å². The minimum absolute atomic E-state index is 0.0228. The van der Waals surface area contributed by atoms with Crippen LogP contribution in [0.15, 0.2) is 58.7 Å². The van der Waals surface area contributed by atoms with E-state index >= 15 is 0 Å². The topological polar surface area (TPSA) is 58.4 Å². The number of hydrogen-bond acceptors (Lipinski definition) is 4. The zero-order valence-corrected chi connectivity index (χ0v) is 13.8. The van der Waals surface area contributed by atoms with E-state index in [1.807, 2.05) is 46.7 Å². The van der Waals surface area contributed by atoms with Gasteiger partial charge in [-0.1, -0.05) is 0 Å². The highest BCUT2D eigenvalue weighted by Gasteiger charge is 2.31. The van der Waals surface area contributed by atoms with Gasteiger partial charge in [0.1, 0.15) is 10.8 Å². The third-order valence-corrected chi connectivity index (χ3v) is 5.02. The van der Waals surface area contributed by atoms with Crippen molar-refractivity contribution in [2.45, 2.75) is 18.9 Å². The van der Waals surface area contributed by atoms with Crippen LogP contribution in [0.4, 0.5) is 10.5 Å². The Kier molecular flexibility index (Phi) is 4.04. The molecule has 1 atom stereocenters. The third kappa shape index (κ3) is 2.92. The number of hydrogen-bond donors (Lipinski definition) is 1. The fourth-order valence-corrected chi connectivity index (χ4v) is 3.69. The highest BCUT2D eigenvalue weighted by atomic mass is 32.1. The van der Waals surface area contributed by atoms with Crippen molar-refractivity contribution in [2.75, 3.05) is 11.9 Å². The molecule has 1 fully saturated rings. The van der Waals surface area contributed by atoms with Crippen molar-refractivity contribution in [1.82, 2.24) is 9.88 Å². The number of carbonyl (C=O) groups excluding carboxylic acids is 1. The maximum atomic E-state index is 12.6. The minimum Gasteiger partial charge on any atom is -0.467 e. The minimum atomic E-state index is -0.0871. The summed E-state index contributed by atoms with van der Waals surface area (Å²) in [4.78, 5) is 18.7. The van der Waals surface area contributed by atoms with Gasteiger partial charge < -0.3 is 14.6 Å². The predicted molar refractivity (Wildman–Crippen MR) is 94.0 cm³/mol. The Morgan fingerprint density at radius 3 is 2.88 bits per heavy atom. The van der Waals surface area contributed by atoms with Gasteiger partial charge in [-0.3, -0.25) is 0 Å². The van der Waals surface area contributed by atoms with Crippen LogP contribution < -0.4 is 5.32 Å². The molecule has 122 valence electrons. The van der Waals surface area contributed by atoms with Crippen LogP contribution in [0, 0.1) is 0 Å². The van der Waals surface area contributed by atoms with Gasteiger partial charge in [0.25, 0.3) is 0 Å². The molecule has 1 aliphatic rings. The Bertz CT molecular complexity index is 797. The molecule has 1 aromatic carbocycles. The first-order valence-electron chi connectivity index (χ1n) is 7.92. The van der Waals surface area contributed by atoms with E-state index in [-0.39, 0.29) is 12.1 Å². The number of nitrogens with one attached hydrogen (secondary N) is 1. The predicted octanol–water partition coefficient (Wildman–Crippen LogP) is 4.77. The Morgan fingerprint density at radius 2 is 2.17 bits per heavy atom. The van der Waals surface area contributed by atoms with Crippen molar-refractivity contribution in [3.05, 3.63) is 60.0 Å². The Hall–Kier alpha value is -2.60. The van der Waals surface area contributed by atoms with Gasteiger partial charge in [-0.05, 0) is 49.2 Å². The molecule has 0 bridgehead atoms. The van der Waals surface area contributed by atoms with Crippen LogP contribution in [0.1, 0.15) is 24.6 Å². The molecule has 0 saturated carbocycles. The number of nitrogens with zero attached hydrogens (tertiary/aromatic N) is 2. The Balaban J connectivity index is 1.46. The van der Waals surface area contributed by atoms with Crippen LogP contribution in [0.25, 0.3) is 10.6 Å². The molecule has 0 spiro atoms. The molecule has 1 N–H and O–H groups in total. The Morgan fingerprint density at radius 1 is 1.29 bits per heavy atom. The highest BCUT2D eigenvalue weighted by molar-refractivity contribution is 7.13. The summed E-state index contributed by atoms with van der Waals surface area (Å²) in [7, 11) is 0. The molecule has 24 heavy (non-hydrogen) atoms. The molecule has 3 heterocycles. The lowest BCUT2D eigenvalue weighted by Crippen LogP contribution is -2.34. The monoisotopic (exact) mass is 339 g/mol. The van der Waals surface area contributed by atoms with Crippen molar-refractivity contribution in [2.24, 2.45) is 0 Å². The highest BCUT2D eigenvalue weighted by Crippen LogP contribution is 2.32. The summed E-state index contributed by atoms with van der Waals surface area (Å²) < 4.78 is 5.48. The van der Waals surface area contributed by atoms with Gasteiger partial charge in [0.2, 0.25) is 0 Å². The first-order valence-corrected chi connectivity index (χ1v) is 8.80. The summed E-state index contributed by atoms with van der Waals surface area (Å²) in [5, 5.41) is 5.91. The van der Waals surface area contributed by atoms with Crippen LogP contribution in [-0.2, 0) is 0 Å². The van der Waals surface area contributed by atoms with Gasteiger partial charge in [0.05, 0.1) is 12.3 Å². The van der Waals surface area contributed by atoms with E-state index in [4.69, 9.17) is 4.42 Å². The number of rotatable bonds is 3. The molecule has 0 radical (unpaired) electrons. The normalized spacial score (nSPS) is 17.2. The Labute approximate surface area is 143 Å². The molecule has 2 amide bonds. The molecule has 2 aromatic heterocycles. The number of thiazole rings is 1. The molecule has 5 nitrogen and oxygen atoms in total. The van der Waals surface area contributed by atoms with E-state index in [1.54, 1.807) is 23.8 Å². The number of benzene rings is 1. The summed E-state index contributed by atoms with van der Waals surface area (Å²) in [5.41, 5.74) is 1.84. The second-order valence-corrected chi connectivity index (χ2v) is 6.61. The summed E-state index contributed by atoms with van der Waals surface area (Å²) in [5.74, 6) is 0.849. The maximum Gasteiger partial charge on any atom is 0.322 e. The summed E-state index contributed by atoms with van der Waals surface area (Å²) in [6.07, 6.45) is 5.37. The van der Waals surface area contributed by atoms with E-state index in [2.05, 4.69) is 10.3 Å². The van der Waals surface area contributed by atoms with Gasteiger partial charge in [-0.25, -0.2) is 9.78 Å². The van der Waals surface area contributed by atoms with Crippen LogP contribution in [-0.4, -0.2) is 22.5 Å². The van der Waals surface area contributed by atoms with Gasteiger partial charge in [-0.2, -0.15) is 0 Å². The maximum absolute atomic E-state index is 12.6. The van der Waals surface area contributed by atoms with Crippen molar-refractivity contribution in [3.8, 4) is 10.6 Å². The fourth-order valence-electron chi connectivity index (χ4n) is 3.04. The van der Waals surface area contributed by atoms with Crippen LogP contribution in [0.3, 0.4) is 0 Å². The number of urea groups is 1. The van der Waals surface area contributed by atoms with E-state index in [0.717, 1.165) is 41.4 Å². The number of amides is 2. The number of anilines is 1. The SMILES string of the molecule is O=C(Nc1ccc(-c2nccs2)cc1)N1CCC[C@H]1c1ccco1. The average molecular weight is 339 g/mol. The lowest BCUT2D eigenvalue weighted by Gasteiger charge is -2.23. The van der Waals surface area contributed by atoms with Crippen molar-refractivity contribution < 1.29 is 9.21 Å². The lowest BCUT2D eigenvalue weighted by molar-refractivity contribution is 0.200. The molecule has 1 aliphatic heterocycles. The van der Waals surface area contributed by atoms with Crippen LogP contribution >= 0.6 is 11.3 Å². The molecule has 0 aliphatic carbocycles. The third-order valence-electron chi connectivity index (χ3n) is 4.20. The molecule has 0 unspecified atom stereocenters. The van der Waals surface area contributed by atoms with Gasteiger partial charge >= 0.3 is 6.03 Å². The fraction of sp³-hybridized carbons (Fsp3) is 0.222. The van der Waals surface area contributed by atoms with Gasteiger partial charge in [-0.15, -0.1) is 11.3 Å². The van der Waals surface area contributed by atoms with Crippen molar-refractivity contribution in [1.29, 1.82) is 0 Å². The first kappa shape index (κ1) is 15.0. The van der Waals surface area contributed by atoms with E-state index in [0.29, 0.717) is 0 Å². The van der Waals surface area contributed by atoms with E-state index in [1.165, 1.54) is 0 Å². The largest absolute Gasteiger partial charge is 0.467 e. The first-order chi connectivity index (χ1) is 11.8. The molecular formula is C18H17N3O2S.